The standard InChI is InChI=1S/C24H17F2N2/c1-12-9-16-22-17(26)5-4-6-18(22)28-19-11-15(25)10-14-7-8-27(3)24(21(14)19)20(13(12)2)23(16)28/h4-11H,1-3H3/q+1. The second-order valence-corrected chi connectivity index (χ2v) is 7.72. The lowest BCUT2D eigenvalue weighted by atomic mass is 9.96. The zero-order valence-electron chi connectivity index (χ0n) is 15.8. The number of nitrogens with zero attached hydrogens (tertiary/aromatic N) is 2. The van der Waals surface area contributed by atoms with Crippen molar-refractivity contribution in [3.63, 3.8) is 0 Å². The van der Waals surface area contributed by atoms with Gasteiger partial charge in [0.2, 0.25) is 5.52 Å². The van der Waals surface area contributed by atoms with E-state index >= 15 is 0 Å². The second-order valence-electron chi connectivity index (χ2n) is 7.72. The van der Waals surface area contributed by atoms with E-state index in [2.05, 4.69) is 24.5 Å². The van der Waals surface area contributed by atoms with Crippen LogP contribution in [0.15, 0.2) is 48.7 Å². The van der Waals surface area contributed by atoms with Crippen LogP contribution in [-0.4, -0.2) is 4.40 Å². The number of halogens is 2. The van der Waals surface area contributed by atoms with Crippen LogP contribution in [0, 0.1) is 25.5 Å². The molecule has 28 heavy (non-hydrogen) atoms. The van der Waals surface area contributed by atoms with E-state index in [0.717, 1.165) is 54.7 Å². The number of fused-ring (bicyclic) bond motifs is 5. The predicted molar refractivity (Wildman–Crippen MR) is 109 cm³/mol. The van der Waals surface area contributed by atoms with E-state index < -0.39 is 0 Å². The lowest BCUT2D eigenvalue weighted by Crippen LogP contribution is -2.29. The Morgan fingerprint density at radius 3 is 2.54 bits per heavy atom. The second kappa shape index (κ2) is 4.96. The van der Waals surface area contributed by atoms with Crippen molar-refractivity contribution in [3.8, 4) is 0 Å². The molecule has 136 valence electrons. The quantitative estimate of drug-likeness (QED) is 0.184. The Balaban J connectivity index is 2.17. The number of hydrogen-bond acceptors (Lipinski definition) is 0. The summed E-state index contributed by atoms with van der Waals surface area (Å²) in [4.78, 5) is 0. The summed E-state index contributed by atoms with van der Waals surface area (Å²) in [6, 6.07) is 12.3. The van der Waals surface area contributed by atoms with E-state index in [1.807, 2.05) is 29.8 Å². The summed E-state index contributed by atoms with van der Waals surface area (Å²) in [5.74, 6) is -0.542. The van der Waals surface area contributed by atoms with Gasteiger partial charge in [0.15, 0.2) is 6.20 Å². The highest BCUT2D eigenvalue weighted by atomic mass is 19.1. The van der Waals surface area contributed by atoms with Crippen molar-refractivity contribution in [1.82, 2.24) is 4.40 Å². The van der Waals surface area contributed by atoms with Crippen LogP contribution in [0.2, 0.25) is 0 Å². The first-order chi connectivity index (χ1) is 13.5. The van der Waals surface area contributed by atoms with Crippen molar-refractivity contribution in [2.24, 2.45) is 7.05 Å². The highest BCUT2D eigenvalue weighted by molar-refractivity contribution is 6.26. The molecule has 0 atom stereocenters. The molecule has 6 rings (SSSR count). The third-order valence-electron chi connectivity index (χ3n) is 6.20. The first-order valence-electron chi connectivity index (χ1n) is 9.33. The van der Waals surface area contributed by atoms with Crippen LogP contribution < -0.4 is 4.57 Å². The molecule has 0 fully saturated rings. The lowest BCUT2D eigenvalue weighted by Gasteiger charge is -2.14. The van der Waals surface area contributed by atoms with Crippen LogP contribution >= 0.6 is 0 Å². The number of aryl methyl sites for hydroxylation is 3. The Bertz CT molecular complexity index is 1610. The van der Waals surface area contributed by atoms with Crippen LogP contribution in [0.25, 0.3) is 49.0 Å². The van der Waals surface area contributed by atoms with Gasteiger partial charge in [0, 0.05) is 16.8 Å². The average Bonchev–Trinajstić information content (AvgIpc) is 2.99. The van der Waals surface area contributed by atoms with Crippen molar-refractivity contribution >= 4 is 49.0 Å². The Labute approximate surface area is 159 Å². The summed E-state index contributed by atoms with van der Waals surface area (Å²) >= 11 is 0. The summed E-state index contributed by atoms with van der Waals surface area (Å²) in [7, 11) is 2.01. The third kappa shape index (κ3) is 1.69. The summed E-state index contributed by atoms with van der Waals surface area (Å²) in [6.45, 7) is 4.17. The fourth-order valence-corrected chi connectivity index (χ4v) is 4.87. The molecule has 4 heteroatoms. The van der Waals surface area contributed by atoms with Crippen LogP contribution in [-0.2, 0) is 7.05 Å². The van der Waals surface area contributed by atoms with Gasteiger partial charge < -0.3 is 4.40 Å². The summed E-state index contributed by atoms with van der Waals surface area (Å²) in [5.41, 5.74) is 5.81. The van der Waals surface area contributed by atoms with Crippen molar-refractivity contribution in [2.75, 3.05) is 0 Å². The zero-order chi connectivity index (χ0) is 19.3. The van der Waals surface area contributed by atoms with Gasteiger partial charge in [-0.05, 0) is 60.7 Å². The average molecular weight is 371 g/mol. The SMILES string of the molecule is Cc1cc2c3c(F)cccc3n3c4cc(F)cc5cc[n+](C)c(c(c1C)c23)c54. The molecule has 3 heterocycles. The van der Waals surface area contributed by atoms with Crippen LogP contribution in [0.3, 0.4) is 0 Å². The minimum atomic E-state index is -0.291. The van der Waals surface area contributed by atoms with E-state index in [1.165, 1.54) is 6.07 Å². The van der Waals surface area contributed by atoms with Crippen molar-refractivity contribution in [3.05, 3.63) is 71.4 Å². The van der Waals surface area contributed by atoms with Crippen LogP contribution in [0.1, 0.15) is 11.1 Å². The smallest absolute Gasteiger partial charge is 0.224 e. The monoisotopic (exact) mass is 371 g/mol. The first kappa shape index (κ1) is 15.8. The molecule has 0 aliphatic carbocycles. The molecule has 0 unspecified atom stereocenters. The Kier molecular flexibility index (Phi) is 2.79. The molecule has 6 aromatic rings. The number of hydrogen-bond donors (Lipinski definition) is 0. The molecule has 3 aromatic carbocycles. The van der Waals surface area contributed by atoms with Gasteiger partial charge in [0.25, 0.3) is 0 Å². The molecule has 2 nitrogen and oxygen atoms in total. The minimum absolute atomic E-state index is 0.251. The molecule has 0 saturated carbocycles. The summed E-state index contributed by atoms with van der Waals surface area (Å²) in [6.07, 6.45) is 1.97. The zero-order valence-corrected chi connectivity index (χ0v) is 15.8. The van der Waals surface area contributed by atoms with Gasteiger partial charge in [0.05, 0.1) is 27.3 Å². The molecule has 0 saturated heterocycles. The minimum Gasteiger partial charge on any atom is -0.307 e. The number of aromatic nitrogens is 2. The molecular weight excluding hydrogens is 354 g/mol. The van der Waals surface area contributed by atoms with Gasteiger partial charge in [-0.15, -0.1) is 0 Å². The summed E-state index contributed by atoms with van der Waals surface area (Å²) < 4.78 is 33.6. The maximum atomic E-state index is 14.9. The fraction of sp³-hybridized carbons (Fsp3) is 0.125. The van der Waals surface area contributed by atoms with E-state index in [0.29, 0.717) is 5.39 Å². The Morgan fingerprint density at radius 2 is 1.71 bits per heavy atom. The van der Waals surface area contributed by atoms with Crippen molar-refractivity contribution < 1.29 is 13.3 Å². The third-order valence-corrected chi connectivity index (χ3v) is 6.20. The number of benzene rings is 3. The number of rotatable bonds is 0. The highest BCUT2D eigenvalue weighted by Gasteiger charge is 2.25. The molecule has 0 spiro atoms. The molecule has 0 aliphatic rings. The topological polar surface area (TPSA) is 8.29 Å². The normalized spacial score (nSPS) is 12.5. The molecule has 3 aromatic heterocycles. The maximum Gasteiger partial charge on any atom is 0.224 e. The largest absolute Gasteiger partial charge is 0.307 e. The highest BCUT2D eigenvalue weighted by Crippen LogP contribution is 2.42. The van der Waals surface area contributed by atoms with E-state index in [4.69, 9.17) is 0 Å². The fourth-order valence-electron chi connectivity index (χ4n) is 4.87. The molecular formula is C24H17F2N2+. The summed E-state index contributed by atoms with van der Waals surface area (Å²) in [5, 5.41) is 4.40. The molecule has 0 amide bonds. The van der Waals surface area contributed by atoms with E-state index in [1.54, 1.807) is 18.2 Å². The predicted octanol–water partition coefficient (Wildman–Crippen LogP) is 5.71. The first-order valence-corrected chi connectivity index (χ1v) is 9.33. The van der Waals surface area contributed by atoms with Gasteiger partial charge in [0.1, 0.15) is 18.7 Å². The van der Waals surface area contributed by atoms with E-state index in [9.17, 15) is 8.78 Å². The molecule has 0 N–H and O–H groups in total. The maximum absolute atomic E-state index is 14.9. The van der Waals surface area contributed by atoms with Gasteiger partial charge in [-0.25, -0.2) is 13.3 Å². The lowest BCUT2D eigenvalue weighted by molar-refractivity contribution is -0.643. The van der Waals surface area contributed by atoms with E-state index in [-0.39, 0.29) is 11.6 Å². The van der Waals surface area contributed by atoms with Crippen LogP contribution in [0.4, 0.5) is 8.78 Å². The number of pyridine rings is 2. The van der Waals surface area contributed by atoms with Crippen molar-refractivity contribution in [2.45, 2.75) is 13.8 Å². The van der Waals surface area contributed by atoms with Gasteiger partial charge in [-0.3, -0.25) is 0 Å². The Morgan fingerprint density at radius 1 is 0.893 bits per heavy atom. The molecule has 0 aliphatic heterocycles. The Hall–Kier alpha value is -3.27. The van der Waals surface area contributed by atoms with Gasteiger partial charge in [-0.1, -0.05) is 6.07 Å². The van der Waals surface area contributed by atoms with Crippen LogP contribution in [0.5, 0.6) is 0 Å². The van der Waals surface area contributed by atoms with Gasteiger partial charge in [-0.2, -0.15) is 0 Å². The van der Waals surface area contributed by atoms with Gasteiger partial charge >= 0.3 is 0 Å². The molecule has 0 radical (unpaired) electrons. The molecule has 0 bridgehead atoms. The van der Waals surface area contributed by atoms with Crippen molar-refractivity contribution in [1.29, 1.82) is 0 Å².